The first-order valence-electron chi connectivity index (χ1n) is 4.84. The molecule has 1 aromatic rings. The average Bonchev–Trinajstić information content (AvgIpc) is 2.93. The van der Waals surface area contributed by atoms with Crippen LogP contribution >= 0.6 is 0 Å². The van der Waals surface area contributed by atoms with E-state index in [9.17, 15) is 9.50 Å². The fourth-order valence-electron chi connectivity index (χ4n) is 1.72. The highest BCUT2D eigenvalue weighted by Gasteiger charge is 2.31. The Kier molecular flexibility index (Phi) is 2.19. The quantitative estimate of drug-likeness (QED) is 0.760. The Hall–Kier alpha value is -1.09. The topological polar surface area (TPSA) is 46.2 Å². The van der Waals surface area contributed by atoms with Gasteiger partial charge >= 0.3 is 0 Å². The maximum Gasteiger partial charge on any atom is 0.165 e. The molecule has 0 spiro atoms. The molecule has 1 saturated carbocycles. The second kappa shape index (κ2) is 3.24. The first-order chi connectivity index (χ1) is 6.59. The normalized spacial score (nSPS) is 18.2. The third kappa shape index (κ3) is 1.60. The van der Waals surface area contributed by atoms with Crippen molar-refractivity contribution in [3.63, 3.8) is 0 Å². The number of benzene rings is 1. The van der Waals surface area contributed by atoms with Crippen molar-refractivity contribution in [2.45, 2.75) is 25.8 Å². The van der Waals surface area contributed by atoms with Crippen LogP contribution in [-0.4, -0.2) is 5.11 Å². The molecule has 0 heterocycles. The lowest BCUT2D eigenvalue weighted by Gasteiger charge is -2.13. The van der Waals surface area contributed by atoms with Gasteiger partial charge in [0, 0.05) is 11.6 Å². The van der Waals surface area contributed by atoms with E-state index in [2.05, 4.69) is 0 Å². The Morgan fingerprint density at radius 2 is 2.14 bits per heavy atom. The summed E-state index contributed by atoms with van der Waals surface area (Å²) in [5.41, 5.74) is 7.26. The molecule has 1 aromatic carbocycles. The maximum atomic E-state index is 13.2. The van der Waals surface area contributed by atoms with Crippen molar-refractivity contribution in [3.05, 3.63) is 29.1 Å². The number of aromatic hydroxyl groups is 1. The lowest BCUT2D eigenvalue weighted by atomic mass is 10.00. The van der Waals surface area contributed by atoms with Gasteiger partial charge in [0.05, 0.1) is 0 Å². The fraction of sp³-hybridized carbons (Fsp3) is 0.455. The van der Waals surface area contributed by atoms with Crippen LogP contribution in [0.15, 0.2) is 12.1 Å². The Balaban J connectivity index is 2.39. The smallest absolute Gasteiger partial charge is 0.165 e. The van der Waals surface area contributed by atoms with Crippen molar-refractivity contribution in [3.8, 4) is 5.75 Å². The predicted molar refractivity (Wildman–Crippen MR) is 52.5 cm³/mol. The summed E-state index contributed by atoms with van der Waals surface area (Å²) in [4.78, 5) is 0. The van der Waals surface area contributed by atoms with Crippen LogP contribution in [0.1, 0.15) is 30.0 Å². The van der Waals surface area contributed by atoms with Gasteiger partial charge in [0.1, 0.15) is 0 Å². The zero-order valence-corrected chi connectivity index (χ0v) is 8.13. The molecule has 0 aromatic heterocycles. The van der Waals surface area contributed by atoms with Crippen molar-refractivity contribution in [1.82, 2.24) is 0 Å². The molecule has 1 atom stereocenters. The van der Waals surface area contributed by atoms with E-state index >= 15 is 0 Å². The van der Waals surface area contributed by atoms with Crippen molar-refractivity contribution in [2.75, 3.05) is 0 Å². The summed E-state index contributed by atoms with van der Waals surface area (Å²) >= 11 is 0. The summed E-state index contributed by atoms with van der Waals surface area (Å²) in [5, 5.41) is 9.51. The van der Waals surface area contributed by atoms with E-state index in [1.165, 1.54) is 6.07 Å². The first-order valence-corrected chi connectivity index (χ1v) is 4.84. The van der Waals surface area contributed by atoms with Crippen molar-refractivity contribution in [2.24, 2.45) is 11.7 Å². The van der Waals surface area contributed by atoms with Crippen LogP contribution in [0.2, 0.25) is 0 Å². The maximum absolute atomic E-state index is 13.2. The lowest BCUT2D eigenvalue weighted by Crippen LogP contribution is -2.13. The van der Waals surface area contributed by atoms with E-state index in [-0.39, 0.29) is 11.8 Å². The highest BCUT2D eigenvalue weighted by Crippen LogP contribution is 2.42. The summed E-state index contributed by atoms with van der Waals surface area (Å²) in [7, 11) is 0. The van der Waals surface area contributed by atoms with Gasteiger partial charge in [-0.15, -0.1) is 0 Å². The van der Waals surface area contributed by atoms with E-state index in [1.807, 2.05) is 0 Å². The highest BCUT2D eigenvalue weighted by molar-refractivity contribution is 5.40. The highest BCUT2D eigenvalue weighted by atomic mass is 19.1. The van der Waals surface area contributed by atoms with Crippen LogP contribution in [-0.2, 0) is 0 Å². The second-order valence-corrected chi connectivity index (χ2v) is 4.05. The standard InChI is InChI=1S/C11H14FNO/c1-6-4-8(10(13)7-2-3-7)11(14)9(12)5-6/h4-5,7,10,14H,2-3,13H2,1H3/t10-/m0/s1. The molecule has 76 valence electrons. The van der Waals surface area contributed by atoms with Gasteiger partial charge < -0.3 is 10.8 Å². The van der Waals surface area contributed by atoms with Gasteiger partial charge in [-0.3, -0.25) is 0 Å². The Bertz CT molecular complexity index is 361. The first kappa shape index (κ1) is 9.46. The van der Waals surface area contributed by atoms with Crippen LogP contribution < -0.4 is 5.73 Å². The molecule has 14 heavy (non-hydrogen) atoms. The van der Waals surface area contributed by atoms with Crippen LogP contribution in [0.3, 0.4) is 0 Å². The average molecular weight is 195 g/mol. The van der Waals surface area contributed by atoms with E-state index in [0.29, 0.717) is 11.5 Å². The molecular weight excluding hydrogens is 181 g/mol. The van der Waals surface area contributed by atoms with Crippen molar-refractivity contribution < 1.29 is 9.50 Å². The molecule has 0 amide bonds. The van der Waals surface area contributed by atoms with E-state index in [4.69, 9.17) is 5.73 Å². The zero-order chi connectivity index (χ0) is 10.3. The third-order valence-electron chi connectivity index (χ3n) is 2.73. The number of nitrogens with two attached hydrogens (primary N) is 1. The Morgan fingerprint density at radius 3 is 2.71 bits per heavy atom. The summed E-state index contributed by atoms with van der Waals surface area (Å²) in [6.07, 6.45) is 2.16. The van der Waals surface area contributed by atoms with E-state index in [0.717, 1.165) is 18.4 Å². The van der Waals surface area contributed by atoms with Gasteiger partial charge in [0.15, 0.2) is 11.6 Å². The Labute approximate surface area is 82.5 Å². The number of hydrogen-bond donors (Lipinski definition) is 2. The van der Waals surface area contributed by atoms with Gasteiger partial charge in [0.2, 0.25) is 0 Å². The molecule has 3 heteroatoms. The largest absolute Gasteiger partial charge is 0.505 e. The molecule has 1 aliphatic carbocycles. The number of hydrogen-bond acceptors (Lipinski definition) is 2. The number of halogens is 1. The van der Waals surface area contributed by atoms with Crippen LogP contribution in [0.5, 0.6) is 5.75 Å². The molecular formula is C11H14FNO. The van der Waals surface area contributed by atoms with Crippen LogP contribution in [0.25, 0.3) is 0 Å². The van der Waals surface area contributed by atoms with E-state index < -0.39 is 5.82 Å². The molecule has 0 bridgehead atoms. The molecule has 2 rings (SSSR count). The minimum Gasteiger partial charge on any atom is -0.505 e. The molecule has 0 aliphatic heterocycles. The monoisotopic (exact) mass is 195 g/mol. The van der Waals surface area contributed by atoms with Crippen LogP contribution in [0.4, 0.5) is 4.39 Å². The van der Waals surface area contributed by atoms with E-state index in [1.54, 1.807) is 13.0 Å². The molecule has 0 unspecified atom stereocenters. The molecule has 2 nitrogen and oxygen atoms in total. The minimum atomic E-state index is -0.573. The number of phenols is 1. The molecule has 0 radical (unpaired) electrons. The van der Waals surface area contributed by atoms with Gasteiger partial charge in [-0.25, -0.2) is 4.39 Å². The minimum absolute atomic E-state index is 0.218. The summed E-state index contributed by atoms with van der Waals surface area (Å²) in [5.74, 6) is -0.437. The van der Waals surface area contributed by atoms with Gasteiger partial charge in [-0.2, -0.15) is 0 Å². The van der Waals surface area contributed by atoms with Gasteiger partial charge in [-0.1, -0.05) is 6.07 Å². The predicted octanol–water partition coefficient (Wildman–Crippen LogP) is 2.25. The number of aryl methyl sites for hydroxylation is 1. The van der Waals surface area contributed by atoms with Crippen molar-refractivity contribution in [1.29, 1.82) is 0 Å². The van der Waals surface area contributed by atoms with Gasteiger partial charge in [0.25, 0.3) is 0 Å². The van der Waals surface area contributed by atoms with Crippen molar-refractivity contribution >= 4 is 0 Å². The summed E-state index contributed by atoms with van der Waals surface area (Å²) < 4.78 is 13.2. The fourth-order valence-corrected chi connectivity index (χ4v) is 1.72. The summed E-state index contributed by atoms with van der Waals surface area (Å²) in [6, 6.07) is 2.87. The molecule has 0 saturated heterocycles. The molecule has 1 fully saturated rings. The van der Waals surface area contributed by atoms with Crippen LogP contribution in [0, 0.1) is 18.7 Å². The SMILES string of the molecule is Cc1cc(F)c(O)c([C@@H](N)C2CC2)c1. The number of rotatable bonds is 2. The second-order valence-electron chi connectivity index (χ2n) is 4.05. The number of phenolic OH excluding ortho intramolecular Hbond substituents is 1. The molecule has 3 N–H and O–H groups in total. The summed E-state index contributed by atoms with van der Waals surface area (Å²) in [6.45, 7) is 1.80. The Morgan fingerprint density at radius 1 is 1.50 bits per heavy atom. The van der Waals surface area contributed by atoms with Gasteiger partial charge in [-0.05, 0) is 37.3 Å². The molecule has 1 aliphatic rings. The zero-order valence-electron chi connectivity index (χ0n) is 8.13. The lowest BCUT2D eigenvalue weighted by molar-refractivity contribution is 0.416. The third-order valence-corrected chi connectivity index (χ3v) is 2.73.